The van der Waals surface area contributed by atoms with E-state index in [9.17, 15) is 24.4 Å². The summed E-state index contributed by atoms with van der Waals surface area (Å²) in [7, 11) is -1.75. The molecule has 11 nitrogen and oxygen atoms in total. The number of rotatable bonds is 12. The molecular weight excluding hydrogens is 379 g/mol. The van der Waals surface area contributed by atoms with Gasteiger partial charge in [-0.3, -0.25) is 14.4 Å². The number of nitrogens with two attached hydrogens (primary N) is 3. The van der Waals surface area contributed by atoms with E-state index in [0.29, 0.717) is 26.2 Å². The van der Waals surface area contributed by atoms with Crippen LogP contribution in [-0.2, 0) is 14.4 Å². The number of anilines is 1. The summed E-state index contributed by atoms with van der Waals surface area (Å²) in [4.78, 5) is 37.7. The van der Waals surface area contributed by atoms with Crippen molar-refractivity contribution in [2.45, 2.75) is 18.9 Å². The predicted octanol–water partition coefficient (Wildman–Crippen LogP) is -3.73. The van der Waals surface area contributed by atoms with Crippen LogP contribution in [0.1, 0.15) is 12.8 Å². The van der Waals surface area contributed by atoms with E-state index in [1.54, 1.807) is 12.1 Å². The summed E-state index contributed by atoms with van der Waals surface area (Å²) in [6.45, 7) is 1.01. The molecule has 0 fully saturated rings. The van der Waals surface area contributed by atoms with Crippen LogP contribution in [0.5, 0.6) is 0 Å². The number of amides is 3. The average molecular weight is 408 g/mol. The van der Waals surface area contributed by atoms with E-state index in [-0.39, 0.29) is 36.4 Å². The molecule has 0 heterocycles. The third kappa shape index (κ3) is 8.58. The van der Waals surface area contributed by atoms with Crippen LogP contribution in [0.25, 0.3) is 0 Å². The number of carbonyl (C=O) groups excluding carboxylic acids is 3. The van der Waals surface area contributed by atoms with E-state index in [4.69, 9.17) is 17.2 Å². The van der Waals surface area contributed by atoms with Crippen LogP contribution < -0.4 is 33.3 Å². The van der Waals surface area contributed by atoms with Crippen LogP contribution in [-0.4, -0.2) is 78.6 Å². The van der Waals surface area contributed by atoms with Gasteiger partial charge in [0.1, 0.15) is 0 Å². The van der Waals surface area contributed by atoms with E-state index >= 15 is 0 Å². The van der Waals surface area contributed by atoms with Crippen LogP contribution in [0.2, 0.25) is 0 Å². The summed E-state index contributed by atoms with van der Waals surface area (Å²) in [6.07, 6.45) is 0.167. The Labute approximate surface area is 169 Å². The predicted molar refractivity (Wildman–Crippen MR) is 110 cm³/mol. The second-order valence-corrected chi connectivity index (χ2v) is 6.33. The first-order valence-electron chi connectivity index (χ1n) is 9.26. The standard InChI is InChI=1S/C17H29BN6O5/c19-7-9-24(10-8-20)16(26)6-5-13(21)17(27)22-11-15(25)23-14-4-2-1-3-12(14)18(28)29/h1-4,13,28-29H,5-11,19-21H2,(H,22,27)(H,23,25). The third-order valence-corrected chi connectivity index (χ3v) is 4.09. The summed E-state index contributed by atoms with van der Waals surface area (Å²) in [5, 5.41) is 23.5. The Balaban J connectivity index is 2.45. The molecule has 0 aliphatic heterocycles. The zero-order valence-electron chi connectivity index (χ0n) is 16.2. The maximum absolute atomic E-state index is 12.1. The smallest absolute Gasteiger partial charge is 0.423 e. The molecule has 0 spiro atoms. The molecule has 1 atom stereocenters. The zero-order valence-corrected chi connectivity index (χ0v) is 16.2. The Kier molecular flexibility index (Phi) is 10.9. The normalized spacial score (nSPS) is 11.5. The van der Waals surface area contributed by atoms with E-state index in [2.05, 4.69) is 10.6 Å². The van der Waals surface area contributed by atoms with Gasteiger partial charge in [0.25, 0.3) is 0 Å². The molecule has 1 rings (SSSR count). The molecule has 0 aliphatic carbocycles. The van der Waals surface area contributed by atoms with Gasteiger partial charge >= 0.3 is 7.12 Å². The van der Waals surface area contributed by atoms with Gasteiger partial charge in [0.2, 0.25) is 17.7 Å². The molecular formula is C17H29BN6O5. The molecule has 10 N–H and O–H groups in total. The van der Waals surface area contributed by atoms with Crippen LogP contribution in [0, 0.1) is 0 Å². The number of benzene rings is 1. The minimum Gasteiger partial charge on any atom is -0.423 e. The first-order chi connectivity index (χ1) is 13.8. The fourth-order valence-electron chi connectivity index (χ4n) is 2.57. The number of nitrogens with one attached hydrogen (secondary N) is 2. The number of para-hydroxylation sites is 1. The summed E-state index contributed by atoms with van der Waals surface area (Å²) in [6, 6.07) is 5.20. The fraction of sp³-hybridized carbons (Fsp3) is 0.471. The fourth-order valence-corrected chi connectivity index (χ4v) is 2.57. The van der Waals surface area contributed by atoms with Crippen molar-refractivity contribution >= 4 is 36.0 Å². The van der Waals surface area contributed by atoms with Gasteiger partial charge in [0.05, 0.1) is 12.6 Å². The molecule has 0 radical (unpaired) electrons. The number of hydrogen-bond acceptors (Lipinski definition) is 8. The third-order valence-electron chi connectivity index (χ3n) is 4.09. The second kappa shape index (κ2) is 12.9. The van der Waals surface area contributed by atoms with Gasteiger partial charge < -0.3 is 42.8 Å². The van der Waals surface area contributed by atoms with E-state index in [1.165, 1.54) is 17.0 Å². The Bertz CT molecular complexity index is 684. The van der Waals surface area contributed by atoms with E-state index < -0.39 is 25.0 Å². The van der Waals surface area contributed by atoms with Crippen molar-refractivity contribution in [2.75, 3.05) is 38.0 Å². The summed E-state index contributed by atoms with van der Waals surface area (Å²) in [5.41, 5.74) is 17.1. The molecule has 1 unspecified atom stereocenters. The van der Waals surface area contributed by atoms with Crippen LogP contribution in [0.15, 0.2) is 24.3 Å². The quantitative estimate of drug-likeness (QED) is 0.171. The molecule has 0 bridgehead atoms. The highest BCUT2D eigenvalue weighted by atomic mass is 16.4. The van der Waals surface area contributed by atoms with Crippen LogP contribution in [0.4, 0.5) is 5.69 Å². The maximum Gasteiger partial charge on any atom is 0.490 e. The highest BCUT2D eigenvalue weighted by Gasteiger charge is 2.20. The van der Waals surface area contributed by atoms with E-state index in [1.807, 2.05) is 0 Å². The van der Waals surface area contributed by atoms with Crippen molar-refractivity contribution in [2.24, 2.45) is 17.2 Å². The average Bonchev–Trinajstić information content (AvgIpc) is 2.70. The Hall–Kier alpha value is -2.51. The van der Waals surface area contributed by atoms with Gasteiger partial charge in [-0.15, -0.1) is 0 Å². The minimum absolute atomic E-state index is 0.0581. The molecule has 12 heteroatoms. The lowest BCUT2D eigenvalue weighted by Crippen LogP contribution is -2.45. The zero-order chi connectivity index (χ0) is 21.8. The lowest BCUT2D eigenvalue weighted by atomic mass is 9.79. The summed E-state index contributed by atoms with van der Waals surface area (Å²) >= 11 is 0. The first-order valence-corrected chi connectivity index (χ1v) is 9.26. The number of nitrogens with zero attached hydrogens (tertiary/aromatic N) is 1. The van der Waals surface area contributed by atoms with Crippen molar-refractivity contribution in [3.63, 3.8) is 0 Å². The van der Waals surface area contributed by atoms with Gasteiger partial charge in [-0.25, -0.2) is 0 Å². The van der Waals surface area contributed by atoms with Gasteiger partial charge in [0, 0.05) is 43.8 Å². The molecule has 0 aromatic heterocycles. The maximum atomic E-state index is 12.1. The minimum atomic E-state index is -1.75. The molecule has 29 heavy (non-hydrogen) atoms. The highest BCUT2D eigenvalue weighted by Crippen LogP contribution is 2.04. The van der Waals surface area contributed by atoms with Crippen molar-refractivity contribution in [1.82, 2.24) is 10.2 Å². The molecule has 3 amide bonds. The molecule has 0 saturated carbocycles. The largest absolute Gasteiger partial charge is 0.490 e. The van der Waals surface area contributed by atoms with Gasteiger partial charge in [-0.2, -0.15) is 0 Å². The molecule has 1 aromatic carbocycles. The Morgan fingerprint density at radius 1 is 1.10 bits per heavy atom. The van der Waals surface area contributed by atoms with Crippen LogP contribution >= 0.6 is 0 Å². The highest BCUT2D eigenvalue weighted by molar-refractivity contribution is 6.60. The SMILES string of the molecule is NCCN(CCN)C(=O)CCC(N)C(=O)NCC(=O)Nc1ccccc1B(O)O. The lowest BCUT2D eigenvalue weighted by molar-refractivity contribution is -0.131. The second-order valence-electron chi connectivity index (χ2n) is 6.33. The molecule has 1 aromatic rings. The van der Waals surface area contributed by atoms with Gasteiger partial charge in [0.15, 0.2) is 0 Å². The Morgan fingerprint density at radius 2 is 1.72 bits per heavy atom. The molecule has 160 valence electrons. The summed E-state index contributed by atoms with van der Waals surface area (Å²) < 4.78 is 0. The van der Waals surface area contributed by atoms with E-state index in [0.717, 1.165) is 0 Å². The van der Waals surface area contributed by atoms with Crippen molar-refractivity contribution in [1.29, 1.82) is 0 Å². The lowest BCUT2D eigenvalue weighted by Gasteiger charge is -2.22. The molecule has 0 saturated heterocycles. The molecule has 0 aliphatic rings. The number of hydrogen-bond donors (Lipinski definition) is 7. The topological polar surface area (TPSA) is 197 Å². The van der Waals surface area contributed by atoms with Crippen molar-refractivity contribution in [3.05, 3.63) is 24.3 Å². The van der Waals surface area contributed by atoms with Gasteiger partial charge in [-0.1, -0.05) is 18.2 Å². The Morgan fingerprint density at radius 3 is 2.31 bits per heavy atom. The first kappa shape index (κ1) is 24.5. The van der Waals surface area contributed by atoms with Crippen molar-refractivity contribution < 1.29 is 24.4 Å². The summed E-state index contributed by atoms with van der Waals surface area (Å²) in [5.74, 6) is -1.33. The van der Waals surface area contributed by atoms with Gasteiger partial charge in [-0.05, 0) is 12.5 Å². The van der Waals surface area contributed by atoms with Crippen LogP contribution in [0.3, 0.4) is 0 Å². The monoisotopic (exact) mass is 408 g/mol. The van der Waals surface area contributed by atoms with Crippen molar-refractivity contribution in [3.8, 4) is 0 Å². The number of carbonyl (C=O) groups is 3.